The van der Waals surface area contributed by atoms with Crippen molar-refractivity contribution in [3.63, 3.8) is 0 Å². The first-order valence-electron chi connectivity index (χ1n) is 8.98. The first-order valence-corrected chi connectivity index (χ1v) is 9.80. The Morgan fingerprint density at radius 1 is 1.44 bits per heavy atom. The van der Waals surface area contributed by atoms with E-state index < -0.39 is 0 Å². The number of nitrogens with zero attached hydrogens (tertiary/aromatic N) is 2. The lowest BCUT2D eigenvalue weighted by Gasteiger charge is -2.28. The maximum Gasteiger partial charge on any atom is 0.224 e. The van der Waals surface area contributed by atoms with Gasteiger partial charge in [0.25, 0.3) is 0 Å². The van der Waals surface area contributed by atoms with Crippen molar-refractivity contribution in [2.24, 2.45) is 18.9 Å². The van der Waals surface area contributed by atoms with E-state index in [4.69, 9.17) is 0 Å². The van der Waals surface area contributed by atoms with Gasteiger partial charge in [-0.3, -0.25) is 4.79 Å². The number of aromatic nitrogens is 2. The molecule has 2 heterocycles. The number of amides is 1. The Bertz CT molecular complexity index is 764. The number of halogens is 2. The molecule has 1 amide bonds. The van der Waals surface area contributed by atoms with Gasteiger partial charge in [0.2, 0.25) is 5.91 Å². The molecule has 1 fully saturated rings. The van der Waals surface area contributed by atoms with Crippen molar-refractivity contribution < 1.29 is 9.18 Å². The lowest BCUT2D eigenvalue weighted by Crippen LogP contribution is -2.32. The van der Waals surface area contributed by atoms with Crippen LogP contribution in [0.25, 0.3) is 0 Å². The molecule has 148 valence electrons. The van der Waals surface area contributed by atoms with E-state index >= 15 is 0 Å². The molecule has 0 radical (unpaired) electrons. The van der Waals surface area contributed by atoms with Crippen LogP contribution in [-0.2, 0) is 11.8 Å². The number of anilines is 1. The van der Waals surface area contributed by atoms with Crippen molar-refractivity contribution in [2.75, 3.05) is 18.4 Å². The summed E-state index contributed by atoms with van der Waals surface area (Å²) in [6.07, 6.45) is 6.23. The Balaban J connectivity index is 0.00000261. The van der Waals surface area contributed by atoms with E-state index in [9.17, 15) is 9.18 Å². The lowest BCUT2D eigenvalue weighted by atomic mass is 9.84. The van der Waals surface area contributed by atoms with Gasteiger partial charge in [-0.25, -0.2) is 9.37 Å². The van der Waals surface area contributed by atoms with Gasteiger partial charge in [0.15, 0.2) is 5.16 Å². The molecule has 8 heteroatoms. The van der Waals surface area contributed by atoms with Crippen LogP contribution in [0, 0.1) is 17.7 Å². The fraction of sp³-hybridized carbons (Fsp3) is 0.474. The molecule has 3 rings (SSSR count). The summed E-state index contributed by atoms with van der Waals surface area (Å²) in [5.74, 6) is 0.450. The molecule has 27 heavy (non-hydrogen) atoms. The maximum absolute atomic E-state index is 13.7. The van der Waals surface area contributed by atoms with Crippen LogP contribution >= 0.6 is 24.2 Å². The van der Waals surface area contributed by atoms with Gasteiger partial charge in [0.05, 0.1) is 5.69 Å². The summed E-state index contributed by atoms with van der Waals surface area (Å²) in [4.78, 5) is 17.6. The fourth-order valence-electron chi connectivity index (χ4n) is 3.31. The largest absolute Gasteiger partial charge is 0.329 e. The number of benzene rings is 1. The SMILES string of the molecule is CC(CC(=O)Nc1cc(F)ccc1Sc1nccn1C)C1CCNCC1.Cl. The molecule has 2 aromatic rings. The van der Waals surface area contributed by atoms with Crippen LogP contribution in [0.2, 0.25) is 0 Å². The van der Waals surface area contributed by atoms with Gasteiger partial charge in [-0.05, 0) is 67.7 Å². The van der Waals surface area contributed by atoms with Crippen molar-refractivity contribution in [1.29, 1.82) is 0 Å². The molecule has 1 unspecified atom stereocenters. The lowest BCUT2D eigenvalue weighted by molar-refractivity contribution is -0.117. The summed E-state index contributed by atoms with van der Waals surface area (Å²) in [5, 5.41) is 7.04. The molecule has 0 spiro atoms. The van der Waals surface area contributed by atoms with Crippen LogP contribution in [0.15, 0.2) is 40.6 Å². The first kappa shape index (κ1) is 21.7. The fourth-order valence-corrected chi connectivity index (χ4v) is 4.18. The molecular formula is C19H26ClFN4OS. The van der Waals surface area contributed by atoms with Gasteiger partial charge in [0, 0.05) is 30.8 Å². The third-order valence-electron chi connectivity index (χ3n) is 4.89. The molecule has 0 bridgehead atoms. The van der Waals surface area contributed by atoms with Gasteiger partial charge in [0.1, 0.15) is 5.82 Å². The highest BCUT2D eigenvalue weighted by atomic mass is 35.5. The standard InChI is InChI=1S/C19H25FN4OS.ClH/c1-13(14-5-7-21-8-6-14)11-18(25)23-16-12-15(20)3-4-17(16)26-19-22-9-10-24(19)2;/h3-4,9-10,12-14,21H,5-8,11H2,1-2H3,(H,23,25);1H. The van der Waals surface area contributed by atoms with Crippen LogP contribution < -0.4 is 10.6 Å². The third-order valence-corrected chi connectivity index (χ3v) is 6.04. The van der Waals surface area contributed by atoms with Crippen LogP contribution in [0.5, 0.6) is 0 Å². The van der Waals surface area contributed by atoms with Crippen molar-refractivity contribution >= 4 is 35.8 Å². The van der Waals surface area contributed by atoms with E-state index in [0.29, 0.717) is 23.9 Å². The molecule has 1 aliphatic heterocycles. The van der Waals surface area contributed by atoms with Gasteiger partial charge >= 0.3 is 0 Å². The van der Waals surface area contributed by atoms with Gasteiger partial charge in [-0.1, -0.05) is 6.92 Å². The number of aryl methyl sites for hydroxylation is 1. The molecule has 5 nitrogen and oxygen atoms in total. The monoisotopic (exact) mass is 412 g/mol. The molecule has 0 saturated carbocycles. The molecule has 1 atom stereocenters. The molecule has 2 N–H and O–H groups in total. The summed E-state index contributed by atoms with van der Waals surface area (Å²) in [6.45, 7) is 4.17. The van der Waals surface area contributed by atoms with Crippen molar-refractivity contribution in [3.8, 4) is 0 Å². The number of rotatable bonds is 6. The van der Waals surface area contributed by atoms with Crippen LogP contribution in [0.3, 0.4) is 0 Å². The minimum atomic E-state index is -0.365. The Morgan fingerprint density at radius 3 is 2.85 bits per heavy atom. The number of hydrogen-bond acceptors (Lipinski definition) is 4. The summed E-state index contributed by atoms with van der Waals surface area (Å²) in [6, 6.07) is 4.46. The quantitative estimate of drug-likeness (QED) is 0.750. The second-order valence-electron chi connectivity index (χ2n) is 6.88. The van der Waals surface area contributed by atoms with E-state index in [-0.39, 0.29) is 24.1 Å². The minimum absolute atomic E-state index is 0. The highest BCUT2D eigenvalue weighted by Gasteiger charge is 2.22. The van der Waals surface area contributed by atoms with Gasteiger partial charge in [-0.15, -0.1) is 12.4 Å². The zero-order valence-electron chi connectivity index (χ0n) is 15.6. The Morgan fingerprint density at radius 2 is 2.19 bits per heavy atom. The Labute approximate surface area is 169 Å². The number of imidazole rings is 1. The molecular weight excluding hydrogens is 387 g/mol. The highest BCUT2D eigenvalue weighted by molar-refractivity contribution is 7.99. The predicted octanol–water partition coefficient (Wildman–Crippen LogP) is 4.10. The summed E-state index contributed by atoms with van der Waals surface area (Å²) >= 11 is 1.41. The molecule has 1 aliphatic rings. The zero-order chi connectivity index (χ0) is 18.5. The average Bonchev–Trinajstić information content (AvgIpc) is 3.03. The Kier molecular flexibility index (Phi) is 8.13. The van der Waals surface area contributed by atoms with Crippen LogP contribution in [0.1, 0.15) is 26.2 Å². The molecule has 1 saturated heterocycles. The normalized spacial score (nSPS) is 15.8. The average molecular weight is 413 g/mol. The van der Waals surface area contributed by atoms with E-state index in [1.165, 1.54) is 23.9 Å². The maximum atomic E-state index is 13.7. The van der Waals surface area contributed by atoms with Gasteiger partial charge < -0.3 is 15.2 Å². The molecule has 0 aliphatic carbocycles. The van der Waals surface area contributed by atoms with Crippen LogP contribution in [0.4, 0.5) is 10.1 Å². The van der Waals surface area contributed by atoms with E-state index in [0.717, 1.165) is 36.0 Å². The third kappa shape index (κ3) is 5.96. The smallest absolute Gasteiger partial charge is 0.224 e. The van der Waals surface area contributed by atoms with E-state index in [1.807, 2.05) is 17.8 Å². The molecule has 1 aromatic carbocycles. The Hall–Kier alpha value is -1.57. The summed E-state index contributed by atoms with van der Waals surface area (Å²) < 4.78 is 15.6. The van der Waals surface area contributed by atoms with Crippen molar-refractivity contribution in [1.82, 2.24) is 14.9 Å². The second kappa shape index (κ2) is 10.1. The number of carbonyl (C=O) groups is 1. The van der Waals surface area contributed by atoms with Crippen LogP contribution in [-0.4, -0.2) is 28.5 Å². The minimum Gasteiger partial charge on any atom is -0.329 e. The number of nitrogens with one attached hydrogen (secondary N) is 2. The number of hydrogen-bond donors (Lipinski definition) is 2. The van der Waals surface area contributed by atoms with Crippen molar-refractivity contribution in [2.45, 2.75) is 36.2 Å². The highest BCUT2D eigenvalue weighted by Crippen LogP contribution is 2.33. The zero-order valence-corrected chi connectivity index (χ0v) is 17.2. The first-order chi connectivity index (χ1) is 12.5. The summed E-state index contributed by atoms with van der Waals surface area (Å²) in [5.41, 5.74) is 0.500. The topological polar surface area (TPSA) is 59.0 Å². The van der Waals surface area contributed by atoms with Gasteiger partial charge in [-0.2, -0.15) is 0 Å². The summed E-state index contributed by atoms with van der Waals surface area (Å²) in [7, 11) is 1.90. The molecule has 1 aromatic heterocycles. The number of carbonyl (C=O) groups excluding carboxylic acids is 1. The van der Waals surface area contributed by atoms with E-state index in [2.05, 4.69) is 22.5 Å². The second-order valence-corrected chi connectivity index (χ2v) is 7.89. The van der Waals surface area contributed by atoms with Crippen molar-refractivity contribution in [3.05, 3.63) is 36.4 Å². The van der Waals surface area contributed by atoms with E-state index in [1.54, 1.807) is 12.3 Å². The number of piperidine rings is 1. The predicted molar refractivity (Wildman–Crippen MR) is 109 cm³/mol.